The third-order valence-corrected chi connectivity index (χ3v) is 9.83. The van der Waals surface area contributed by atoms with Crippen LogP contribution in [0.4, 0.5) is 17.1 Å². The van der Waals surface area contributed by atoms with E-state index in [-0.39, 0.29) is 0 Å². The average Bonchev–Trinajstić information content (AvgIpc) is 3.21. The molecule has 1 nitrogen and oxygen atoms in total. The lowest BCUT2D eigenvalue weighted by atomic mass is 9.94. The minimum Gasteiger partial charge on any atom is -0.309 e. The number of hydrogen-bond acceptors (Lipinski definition) is 1. The number of hydrogen-bond donors (Lipinski definition) is 0. The number of para-hydroxylation sites is 1. The van der Waals surface area contributed by atoms with Crippen molar-refractivity contribution in [1.82, 2.24) is 0 Å². The molecule has 0 aromatic heterocycles. The van der Waals surface area contributed by atoms with Crippen LogP contribution in [0.5, 0.6) is 0 Å². The molecule has 0 bridgehead atoms. The molecule has 0 saturated heterocycles. The van der Waals surface area contributed by atoms with Gasteiger partial charge in [0, 0.05) is 16.6 Å². The van der Waals surface area contributed by atoms with Crippen LogP contribution in [-0.4, -0.2) is 0 Å². The molecule has 9 rings (SSSR count). The van der Waals surface area contributed by atoms with Gasteiger partial charge in [0.2, 0.25) is 0 Å². The van der Waals surface area contributed by atoms with Crippen LogP contribution in [0.3, 0.4) is 0 Å². The third-order valence-electron chi connectivity index (χ3n) is 9.83. The van der Waals surface area contributed by atoms with Gasteiger partial charge < -0.3 is 4.90 Å². The van der Waals surface area contributed by atoms with Crippen molar-refractivity contribution in [2.24, 2.45) is 0 Å². The summed E-state index contributed by atoms with van der Waals surface area (Å²) in [5.74, 6) is 0. The van der Waals surface area contributed by atoms with E-state index in [4.69, 9.17) is 0 Å². The first-order valence-corrected chi connectivity index (χ1v) is 17.5. The maximum absolute atomic E-state index is 2.44. The van der Waals surface area contributed by atoms with Crippen LogP contribution >= 0.6 is 0 Å². The quantitative estimate of drug-likeness (QED) is 0.166. The number of fused-ring (bicyclic) bond motifs is 2. The van der Waals surface area contributed by atoms with Gasteiger partial charge in [-0.05, 0) is 91.5 Å². The van der Waals surface area contributed by atoms with Crippen LogP contribution < -0.4 is 4.90 Å². The van der Waals surface area contributed by atoms with Crippen molar-refractivity contribution in [3.05, 3.63) is 212 Å². The summed E-state index contributed by atoms with van der Waals surface area (Å²) in [6.07, 6.45) is 0. The average molecular weight is 650 g/mol. The van der Waals surface area contributed by atoms with Crippen LogP contribution in [0.1, 0.15) is 0 Å². The lowest BCUT2D eigenvalue weighted by molar-refractivity contribution is 1.30. The molecule has 0 saturated carbocycles. The van der Waals surface area contributed by atoms with Gasteiger partial charge in [-0.3, -0.25) is 0 Å². The van der Waals surface area contributed by atoms with Gasteiger partial charge in [-0.15, -0.1) is 0 Å². The minimum absolute atomic E-state index is 1.10. The molecule has 1 heteroatoms. The minimum atomic E-state index is 1.10. The summed E-state index contributed by atoms with van der Waals surface area (Å²) in [4.78, 5) is 2.44. The second-order valence-electron chi connectivity index (χ2n) is 13.0. The summed E-state index contributed by atoms with van der Waals surface area (Å²) in [7, 11) is 0. The molecule has 0 atom stereocenters. The maximum atomic E-state index is 2.44. The molecule has 0 aliphatic carbocycles. The largest absolute Gasteiger partial charge is 0.309 e. The number of nitrogens with zero attached hydrogens (tertiary/aromatic N) is 1. The van der Waals surface area contributed by atoms with E-state index < -0.39 is 0 Å². The van der Waals surface area contributed by atoms with E-state index >= 15 is 0 Å². The summed E-state index contributed by atoms with van der Waals surface area (Å²) in [6.45, 7) is 0. The van der Waals surface area contributed by atoms with Gasteiger partial charge in [-0.2, -0.15) is 0 Å². The van der Waals surface area contributed by atoms with Crippen LogP contribution in [-0.2, 0) is 0 Å². The molecule has 0 unspecified atom stereocenters. The van der Waals surface area contributed by atoms with Crippen molar-refractivity contribution >= 4 is 38.6 Å². The molecule has 0 aliphatic heterocycles. The molecule has 0 aliphatic rings. The Morgan fingerprint density at radius 1 is 0.255 bits per heavy atom. The highest BCUT2D eigenvalue weighted by atomic mass is 15.1. The zero-order chi connectivity index (χ0) is 34.0. The van der Waals surface area contributed by atoms with E-state index in [0.717, 1.165) is 17.1 Å². The van der Waals surface area contributed by atoms with E-state index in [0.29, 0.717) is 0 Å². The smallest absolute Gasteiger partial charge is 0.0540 e. The molecule has 0 radical (unpaired) electrons. The predicted octanol–water partition coefficient (Wildman–Crippen LogP) is 14.1. The van der Waals surface area contributed by atoms with Crippen LogP contribution in [0, 0.1) is 0 Å². The lowest BCUT2D eigenvalue weighted by Crippen LogP contribution is -2.12. The first kappa shape index (κ1) is 30.4. The Morgan fingerprint density at radius 2 is 0.706 bits per heavy atom. The van der Waals surface area contributed by atoms with E-state index in [9.17, 15) is 0 Å². The van der Waals surface area contributed by atoms with E-state index in [1.54, 1.807) is 0 Å². The summed E-state index contributed by atoms with van der Waals surface area (Å²) in [5, 5.41) is 4.92. The number of benzene rings is 9. The molecule has 0 heterocycles. The molecule has 240 valence electrons. The SMILES string of the molecule is c1ccc(-c2cccc(-c3cccc(N(c4ccccc4-c4cccc(-c5cccc6ccccc56)c4)c4cccc5ccccc45)c3)c2)cc1. The first-order chi connectivity index (χ1) is 25.3. The van der Waals surface area contributed by atoms with E-state index in [1.807, 2.05) is 0 Å². The van der Waals surface area contributed by atoms with Crippen LogP contribution in [0.25, 0.3) is 66.1 Å². The van der Waals surface area contributed by atoms with E-state index in [2.05, 4.69) is 217 Å². The zero-order valence-electron chi connectivity index (χ0n) is 28.2. The second kappa shape index (κ2) is 13.3. The molecule has 0 spiro atoms. The highest BCUT2D eigenvalue weighted by Crippen LogP contribution is 2.45. The molecule has 9 aromatic rings. The first-order valence-electron chi connectivity index (χ1n) is 17.5. The zero-order valence-corrected chi connectivity index (χ0v) is 28.2. The molecule has 0 N–H and O–H groups in total. The summed E-state index contributed by atoms with van der Waals surface area (Å²) >= 11 is 0. The Labute approximate surface area is 299 Å². The maximum Gasteiger partial charge on any atom is 0.0540 e. The fourth-order valence-electron chi connectivity index (χ4n) is 7.39. The van der Waals surface area contributed by atoms with Gasteiger partial charge in [0.05, 0.1) is 11.4 Å². The Kier molecular flexibility index (Phi) is 7.92. The summed E-state index contributed by atoms with van der Waals surface area (Å²) < 4.78 is 0. The highest BCUT2D eigenvalue weighted by molar-refractivity contribution is 6.02. The Hall–Kier alpha value is -6.70. The van der Waals surface area contributed by atoms with Crippen molar-refractivity contribution in [2.75, 3.05) is 4.90 Å². The molecular weight excluding hydrogens is 615 g/mol. The van der Waals surface area contributed by atoms with Gasteiger partial charge >= 0.3 is 0 Å². The van der Waals surface area contributed by atoms with Crippen molar-refractivity contribution in [2.45, 2.75) is 0 Å². The fourth-order valence-corrected chi connectivity index (χ4v) is 7.39. The Bertz CT molecular complexity index is 2640. The number of rotatable bonds is 7. The molecule has 9 aromatic carbocycles. The lowest BCUT2D eigenvalue weighted by Gasteiger charge is -2.29. The normalized spacial score (nSPS) is 11.1. The van der Waals surface area contributed by atoms with Crippen molar-refractivity contribution in [1.29, 1.82) is 0 Å². The predicted molar refractivity (Wildman–Crippen MR) is 218 cm³/mol. The molecule has 0 amide bonds. The standard InChI is InChI=1S/C50H35N/c1-2-15-36(16-3-1)39-21-10-22-40(33-39)41-23-12-26-44(35-41)51(50-32-14-20-38-18-5-7-28-47(38)50)49-31-9-8-29-48(49)43-25-11-24-42(34-43)46-30-13-19-37-17-4-6-27-45(37)46/h1-35H. The summed E-state index contributed by atoms with van der Waals surface area (Å²) in [6, 6.07) is 76.7. The molecule has 51 heavy (non-hydrogen) atoms. The summed E-state index contributed by atoms with van der Waals surface area (Å²) in [5.41, 5.74) is 12.9. The van der Waals surface area contributed by atoms with Crippen LogP contribution in [0.15, 0.2) is 212 Å². The Balaban J connectivity index is 1.22. The van der Waals surface area contributed by atoms with Gasteiger partial charge in [-0.25, -0.2) is 0 Å². The molecular formula is C50H35N. The van der Waals surface area contributed by atoms with Crippen molar-refractivity contribution in [3.8, 4) is 44.5 Å². The monoisotopic (exact) mass is 649 g/mol. The van der Waals surface area contributed by atoms with Gasteiger partial charge in [0.1, 0.15) is 0 Å². The van der Waals surface area contributed by atoms with Gasteiger partial charge in [0.15, 0.2) is 0 Å². The molecule has 0 fully saturated rings. The van der Waals surface area contributed by atoms with Gasteiger partial charge in [0.25, 0.3) is 0 Å². The highest BCUT2D eigenvalue weighted by Gasteiger charge is 2.20. The van der Waals surface area contributed by atoms with Gasteiger partial charge in [-0.1, -0.05) is 176 Å². The number of anilines is 3. The third kappa shape index (κ3) is 5.86. The van der Waals surface area contributed by atoms with Crippen molar-refractivity contribution in [3.63, 3.8) is 0 Å². The Morgan fingerprint density at radius 3 is 1.51 bits per heavy atom. The van der Waals surface area contributed by atoms with Crippen molar-refractivity contribution < 1.29 is 0 Å². The van der Waals surface area contributed by atoms with E-state index in [1.165, 1.54) is 66.1 Å². The topological polar surface area (TPSA) is 3.24 Å². The van der Waals surface area contributed by atoms with Crippen LogP contribution in [0.2, 0.25) is 0 Å². The second-order valence-corrected chi connectivity index (χ2v) is 13.0. The fraction of sp³-hybridized carbons (Fsp3) is 0.